The van der Waals surface area contributed by atoms with Crippen molar-refractivity contribution < 1.29 is 13.2 Å². The zero-order chi connectivity index (χ0) is 13.2. The number of nitrogens with one attached hydrogen (secondary N) is 1. The molecule has 1 N–H and O–H groups in total. The largest absolute Gasteiger partial charge is 0.391 e. The Labute approximate surface area is 104 Å². The van der Waals surface area contributed by atoms with E-state index in [0.717, 1.165) is 12.1 Å². The molecule has 0 saturated heterocycles. The summed E-state index contributed by atoms with van der Waals surface area (Å²) in [7, 11) is 1.83. The Morgan fingerprint density at radius 1 is 1.44 bits per heavy atom. The van der Waals surface area contributed by atoms with E-state index in [1.807, 2.05) is 13.1 Å². The second kappa shape index (κ2) is 5.30. The number of halogens is 3. The van der Waals surface area contributed by atoms with Gasteiger partial charge < -0.3 is 5.32 Å². The van der Waals surface area contributed by atoms with Gasteiger partial charge in [-0.3, -0.25) is 4.68 Å². The predicted molar refractivity (Wildman–Crippen MR) is 61.8 cm³/mol. The minimum Gasteiger partial charge on any atom is -0.308 e. The molecule has 0 spiro atoms. The van der Waals surface area contributed by atoms with Crippen molar-refractivity contribution in [1.29, 1.82) is 0 Å². The molecule has 1 saturated carbocycles. The molecule has 1 fully saturated rings. The molecule has 102 valence electrons. The third-order valence-electron chi connectivity index (χ3n) is 3.63. The van der Waals surface area contributed by atoms with Crippen LogP contribution in [0.2, 0.25) is 0 Å². The first kappa shape index (κ1) is 13.4. The van der Waals surface area contributed by atoms with Gasteiger partial charge in [0.2, 0.25) is 0 Å². The van der Waals surface area contributed by atoms with Gasteiger partial charge in [0.1, 0.15) is 0 Å². The molecule has 3 nitrogen and oxygen atoms in total. The minimum atomic E-state index is -4.05. The molecule has 6 heteroatoms. The summed E-state index contributed by atoms with van der Waals surface area (Å²) >= 11 is 0. The van der Waals surface area contributed by atoms with E-state index in [9.17, 15) is 13.2 Å². The summed E-state index contributed by atoms with van der Waals surface area (Å²) in [6.45, 7) is 0.575. The van der Waals surface area contributed by atoms with Crippen LogP contribution in [-0.2, 0) is 13.6 Å². The Bertz CT molecular complexity index is 386. The van der Waals surface area contributed by atoms with Crippen molar-refractivity contribution in [2.24, 2.45) is 13.0 Å². The second-order valence-electron chi connectivity index (χ2n) is 4.93. The molecule has 0 aromatic carbocycles. The maximum absolute atomic E-state index is 12.7. The van der Waals surface area contributed by atoms with Crippen molar-refractivity contribution in [3.63, 3.8) is 0 Å². The first-order chi connectivity index (χ1) is 8.47. The van der Waals surface area contributed by atoms with Gasteiger partial charge in [-0.2, -0.15) is 18.3 Å². The lowest BCUT2D eigenvalue weighted by atomic mass is 9.85. The lowest BCUT2D eigenvalue weighted by Crippen LogP contribution is -2.38. The van der Waals surface area contributed by atoms with Gasteiger partial charge >= 0.3 is 6.18 Å². The van der Waals surface area contributed by atoms with Crippen molar-refractivity contribution in [2.75, 3.05) is 0 Å². The van der Waals surface area contributed by atoms with E-state index < -0.39 is 12.1 Å². The number of nitrogens with zero attached hydrogens (tertiary/aromatic N) is 2. The molecule has 0 radical (unpaired) electrons. The van der Waals surface area contributed by atoms with Gasteiger partial charge in [-0.15, -0.1) is 0 Å². The number of hydrogen-bond donors (Lipinski definition) is 1. The van der Waals surface area contributed by atoms with Crippen LogP contribution in [0.15, 0.2) is 12.3 Å². The number of alkyl halides is 3. The van der Waals surface area contributed by atoms with Gasteiger partial charge in [0.05, 0.1) is 11.6 Å². The predicted octanol–water partition coefficient (Wildman–Crippen LogP) is 2.63. The summed E-state index contributed by atoms with van der Waals surface area (Å²) in [5.41, 5.74) is 0.990. The quantitative estimate of drug-likeness (QED) is 0.906. The normalized spacial score (nSPS) is 25.3. The van der Waals surface area contributed by atoms with Crippen molar-refractivity contribution in [1.82, 2.24) is 15.1 Å². The van der Waals surface area contributed by atoms with Crippen LogP contribution in [0.4, 0.5) is 13.2 Å². The van der Waals surface area contributed by atoms with Gasteiger partial charge in [-0.25, -0.2) is 0 Å². The molecule has 0 aliphatic heterocycles. The fourth-order valence-electron chi connectivity index (χ4n) is 2.50. The second-order valence-corrected chi connectivity index (χ2v) is 4.93. The van der Waals surface area contributed by atoms with Crippen LogP contribution in [0.1, 0.15) is 31.4 Å². The van der Waals surface area contributed by atoms with Crippen LogP contribution in [-0.4, -0.2) is 22.0 Å². The first-order valence-electron chi connectivity index (χ1n) is 6.24. The van der Waals surface area contributed by atoms with Crippen molar-refractivity contribution >= 4 is 0 Å². The maximum Gasteiger partial charge on any atom is 0.391 e. The summed E-state index contributed by atoms with van der Waals surface area (Å²) in [4.78, 5) is 0. The number of hydrogen-bond acceptors (Lipinski definition) is 2. The Kier molecular flexibility index (Phi) is 3.94. The first-order valence-corrected chi connectivity index (χ1v) is 6.24. The molecule has 2 unspecified atom stereocenters. The molecule has 1 aromatic heterocycles. The van der Waals surface area contributed by atoms with Crippen LogP contribution in [0.25, 0.3) is 0 Å². The van der Waals surface area contributed by atoms with E-state index in [-0.39, 0.29) is 18.9 Å². The van der Waals surface area contributed by atoms with Gasteiger partial charge in [-0.1, -0.05) is 6.42 Å². The van der Waals surface area contributed by atoms with Gasteiger partial charge in [-0.05, 0) is 25.3 Å². The number of aromatic nitrogens is 2. The summed E-state index contributed by atoms with van der Waals surface area (Å²) in [5.74, 6) is -1.14. The van der Waals surface area contributed by atoms with E-state index in [0.29, 0.717) is 13.0 Å². The SMILES string of the molecule is Cn1nccc1CNC1CCCC(C(F)(F)F)C1. The van der Waals surface area contributed by atoms with Crippen LogP contribution in [0.5, 0.6) is 0 Å². The van der Waals surface area contributed by atoms with E-state index >= 15 is 0 Å². The third-order valence-corrected chi connectivity index (χ3v) is 3.63. The summed E-state index contributed by atoms with van der Waals surface area (Å²) < 4.78 is 39.7. The highest BCUT2D eigenvalue weighted by Crippen LogP contribution is 2.37. The molecular weight excluding hydrogens is 243 g/mol. The van der Waals surface area contributed by atoms with Crippen LogP contribution in [0, 0.1) is 5.92 Å². The highest BCUT2D eigenvalue weighted by atomic mass is 19.4. The van der Waals surface area contributed by atoms with Crippen molar-refractivity contribution in [3.05, 3.63) is 18.0 Å². The minimum absolute atomic E-state index is 0.0414. The van der Waals surface area contributed by atoms with Crippen LogP contribution >= 0.6 is 0 Å². The molecule has 1 aliphatic rings. The molecule has 2 atom stereocenters. The Morgan fingerprint density at radius 2 is 2.22 bits per heavy atom. The fourth-order valence-corrected chi connectivity index (χ4v) is 2.50. The summed E-state index contributed by atoms with van der Waals surface area (Å²) in [5, 5.41) is 7.24. The zero-order valence-electron chi connectivity index (χ0n) is 10.4. The molecule has 1 heterocycles. The molecule has 0 bridgehead atoms. The molecule has 1 aromatic rings. The zero-order valence-corrected chi connectivity index (χ0v) is 10.4. The lowest BCUT2D eigenvalue weighted by molar-refractivity contribution is -0.183. The average Bonchev–Trinajstić information content (AvgIpc) is 2.72. The lowest BCUT2D eigenvalue weighted by Gasteiger charge is -2.31. The van der Waals surface area contributed by atoms with Crippen LogP contribution in [0.3, 0.4) is 0 Å². The smallest absolute Gasteiger partial charge is 0.308 e. The number of rotatable bonds is 3. The maximum atomic E-state index is 12.7. The Hall–Kier alpha value is -1.04. The molecule has 0 amide bonds. The highest BCUT2D eigenvalue weighted by Gasteiger charge is 2.41. The van der Waals surface area contributed by atoms with E-state index in [2.05, 4.69) is 10.4 Å². The van der Waals surface area contributed by atoms with Gasteiger partial charge in [0.25, 0.3) is 0 Å². The van der Waals surface area contributed by atoms with Crippen LogP contribution < -0.4 is 5.32 Å². The molecule has 2 rings (SSSR count). The molecule has 18 heavy (non-hydrogen) atoms. The Balaban J connectivity index is 1.85. The third kappa shape index (κ3) is 3.25. The van der Waals surface area contributed by atoms with Gasteiger partial charge in [0, 0.05) is 25.8 Å². The fraction of sp³-hybridized carbons (Fsp3) is 0.750. The summed E-state index contributed by atoms with van der Waals surface area (Å²) in [6.07, 6.45) is -0.421. The van der Waals surface area contributed by atoms with Crippen molar-refractivity contribution in [3.8, 4) is 0 Å². The standard InChI is InChI=1S/C12H18F3N3/c1-18-11(5-6-17-18)8-16-10-4-2-3-9(7-10)12(13,14)15/h5-6,9-10,16H,2-4,7-8H2,1H3. The highest BCUT2D eigenvalue weighted by molar-refractivity contribution is 4.99. The average molecular weight is 261 g/mol. The monoisotopic (exact) mass is 261 g/mol. The number of aryl methyl sites for hydroxylation is 1. The van der Waals surface area contributed by atoms with E-state index in [1.54, 1.807) is 10.9 Å². The summed E-state index contributed by atoms with van der Waals surface area (Å²) in [6, 6.07) is 1.83. The van der Waals surface area contributed by atoms with E-state index in [4.69, 9.17) is 0 Å². The van der Waals surface area contributed by atoms with Gasteiger partial charge in [0.15, 0.2) is 0 Å². The van der Waals surface area contributed by atoms with Crippen molar-refractivity contribution in [2.45, 2.75) is 44.4 Å². The Morgan fingerprint density at radius 3 is 2.83 bits per heavy atom. The van der Waals surface area contributed by atoms with E-state index in [1.165, 1.54) is 0 Å². The molecular formula is C12H18F3N3. The topological polar surface area (TPSA) is 29.9 Å². The molecule has 1 aliphatic carbocycles.